The number of ether oxygens (including phenoxy) is 1. The van der Waals surface area contributed by atoms with Gasteiger partial charge >= 0.3 is 0 Å². The van der Waals surface area contributed by atoms with Gasteiger partial charge in [0.25, 0.3) is 0 Å². The second-order valence-corrected chi connectivity index (χ2v) is 20.2. The van der Waals surface area contributed by atoms with E-state index < -0.39 is 0 Å². The van der Waals surface area contributed by atoms with E-state index in [0.717, 1.165) is 87.1 Å². The van der Waals surface area contributed by atoms with Crippen LogP contribution in [0.15, 0.2) is 113 Å². The molecule has 4 aromatic carbocycles. The van der Waals surface area contributed by atoms with Gasteiger partial charge in [-0.2, -0.15) is 0 Å². The standard InChI is InChI=1S/C49H47N5O4S2.C4H5NO/c1-29-30(2)59-48-43(29)45(50-28-42-52-51-31(3)54(42)48)34-6-4-32(5-7-34)24-33-26-49(27-33)18-20-53(21-19-49)22-23-58-39-15-10-35(11-16-39)46(57)44-40-17-14-38(56)25-41(40)60-47(44)36-8-12-37(55)13-9-36;1-4-5-2-3-6-4/h4-17,25,33,55-56H,18-24,26-28H2,1-3H3;2-3H,1H3. The predicted molar refractivity (Wildman–Crippen MR) is 261 cm³/mol. The third kappa shape index (κ3) is 8.70. The average Bonchev–Trinajstić information content (AvgIpc) is 4.08. The minimum absolute atomic E-state index is 0.0915. The highest BCUT2D eigenvalue weighted by Crippen LogP contribution is 2.53. The number of benzene rings is 4. The number of likely N-dealkylation sites (tertiary alicyclic amines) is 1. The number of phenols is 2. The highest BCUT2D eigenvalue weighted by molar-refractivity contribution is 7.22. The maximum atomic E-state index is 14.0. The fourth-order valence-electron chi connectivity index (χ4n) is 9.94. The number of aromatic hydroxyl groups is 2. The van der Waals surface area contributed by atoms with Crippen molar-refractivity contribution in [3.8, 4) is 32.7 Å². The lowest BCUT2D eigenvalue weighted by molar-refractivity contribution is -0.0150. The number of aliphatic imine (C=N–C) groups is 1. The van der Waals surface area contributed by atoms with Crippen LogP contribution < -0.4 is 4.74 Å². The topological polar surface area (TPSA) is 139 Å². The van der Waals surface area contributed by atoms with Gasteiger partial charge in [0.05, 0.1) is 11.9 Å². The van der Waals surface area contributed by atoms with E-state index in [0.29, 0.717) is 29.7 Å². The Morgan fingerprint density at radius 3 is 2.29 bits per heavy atom. The SMILES string of the molecule is Cc1ncco1.Cc1sc2c(c1C)C(c1ccc(CC3CC4(CCN(CCOc5ccc(C(=O)c6c(-c7ccc(O)cc7)sc7cc(O)ccc67)cc5)CC4)C3)cc1)=NCc1nnc(C)n1-2. The smallest absolute Gasteiger partial charge is 0.195 e. The lowest BCUT2D eigenvalue weighted by Gasteiger charge is -2.52. The molecule has 8 aromatic rings. The number of carbonyl (C=O) groups excluding carboxylic acids is 1. The molecule has 4 aromatic heterocycles. The van der Waals surface area contributed by atoms with Gasteiger partial charge in [0.2, 0.25) is 0 Å². The molecule has 11 rings (SSSR count). The van der Waals surface area contributed by atoms with Gasteiger partial charge < -0.3 is 19.4 Å². The number of thiophene rings is 2. The Morgan fingerprint density at radius 2 is 1.59 bits per heavy atom. The number of fused-ring (bicyclic) bond motifs is 4. The van der Waals surface area contributed by atoms with E-state index >= 15 is 0 Å². The van der Waals surface area contributed by atoms with Gasteiger partial charge in [0.1, 0.15) is 47.5 Å². The Labute approximate surface area is 392 Å². The van der Waals surface area contributed by atoms with Gasteiger partial charge in [-0.3, -0.25) is 19.3 Å². The summed E-state index contributed by atoms with van der Waals surface area (Å²) in [6, 6.07) is 28.5. The van der Waals surface area contributed by atoms with Crippen molar-refractivity contribution in [2.75, 3.05) is 26.2 Å². The average molecular weight is 917 g/mol. The molecule has 1 spiro atoms. The van der Waals surface area contributed by atoms with Crippen LogP contribution in [0.1, 0.15) is 86.3 Å². The molecule has 66 heavy (non-hydrogen) atoms. The fourth-order valence-corrected chi connectivity index (χ4v) is 12.4. The predicted octanol–water partition coefficient (Wildman–Crippen LogP) is 11.2. The van der Waals surface area contributed by atoms with Crippen LogP contribution in [0.2, 0.25) is 0 Å². The third-order valence-corrected chi connectivity index (χ3v) is 16.0. The number of aryl methyl sites for hydroxylation is 3. The van der Waals surface area contributed by atoms with Gasteiger partial charge in [-0.15, -0.1) is 32.9 Å². The maximum absolute atomic E-state index is 14.0. The minimum Gasteiger partial charge on any atom is -0.508 e. The number of aromatic nitrogens is 4. The Bertz CT molecular complexity index is 3040. The normalized spacial score (nSPS) is 15.6. The highest BCUT2D eigenvalue weighted by Gasteiger charge is 2.45. The van der Waals surface area contributed by atoms with Crippen LogP contribution in [0, 0.1) is 39.0 Å². The van der Waals surface area contributed by atoms with Gasteiger partial charge in [-0.1, -0.05) is 24.3 Å². The summed E-state index contributed by atoms with van der Waals surface area (Å²) >= 11 is 3.26. The van der Waals surface area contributed by atoms with Gasteiger partial charge in [0, 0.05) is 55.6 Å². The van der Waals surface area contributed by atoms with Crippen molar-refractivity contribution < 1.29 is 24.2 Å². The first-order valence-corrected chi connectivity index (χ1v) is 24.2. The molecule has 11 nitrogen and oxygen atoms in total. The molecule has 0 unspecified atom stereocenters. The van der Waals surface area contributed by atoms with Gasteiger partial charge in [-0.25, -0.2) is 4.98 Å². The van der Waals surface area contributed by atoms with Crippen molar-refractivity contribution in [1.82, 2.24) is 24.6 Å². The summed E-state index contributed by atoms with van der Waals surface area (Å²) in [5, 5.41) is 30.7. The van der Waals surface area contributed by atoms with Crippen LogP contribution in [0.5, 0.6) is 17.2 Å². The zero-order chi connectivity index (χ0) is 45.5. The molecule has 3 aliphatic rings. The number of oxazole rings is 1. The summed E-state index contributed by atoms with van der Waals surface area (Å²) in [6.07, 6.45) is 9.42. The molecule has 0 bridgehead atoms. The highest BCUT2D eigenvalue weighted by atomic mass is 32.1. The van der Waals surface area contributed by atoms with E-state index in [2.05, 4.69) is 62.8 Å². The van der Waals surface area contributed by atoms with E-state index in [1.54, 1.807) is 61.1 Å². The molecule has 13 heteroatoms. The quantitative estimate of drug-likeness (QED) is 0.128. The zero-order valence-corrected chi connectivity index (χ0v) is 39.2. The number of hydrogen-bond donors (Lipinski definition) is 2. The van der Waals surface area contributed by atoms with Crippen LogP contribution in [0.25, 0.3) is 25.5 Å². The molecular weight excluding hydrogens is 865 g/mol. The van der Waals surface area contributed by atoms with Gasteiger partial charge in [0.15, 0.2) is 17.5 Å². The molecule has 6 heterocycles. The van der Waals surface area contributed by atoms with Crippen molar-refractivity contribution in [2.24, 2.45) is 16.3 Å². The second-order valence-electron chi connectivity index (χ2n) is 17.9. The number of phenolic OH excluding ortho intramolecular Hbond substituents is 2. The van der Waals surface area contributed by atoms with Crippen LogP contribution in [-0.2, 0) is 13.0 Å². The van der Waals surface area contributed by atoms with E-state index in [4.69, 9.17) is 14.1 Å². The molecule has 0 radical (unpaired) electrons. The summed E-state index contributed by atoms with van der Waals surface area (Å²) in [7, 11) is 0. The zero-order valence-electron chi connectivity index (χ0n) is 37.6. The number of hydrogen-bond acceptors (Lipinski definition) is 12. The van der Waals surface area contributed by atoms with E-state index in [9.17, 15) is 15.0 Å². The second kappa shape index (κ2) is 18.1. The summed E-state index contributed by atoms with van der Waals surface area (Å²) in [4.78, 5) is 27.5. The molecule has 0 atom stereocenters. The molecule has 336 valence electrons. The van der Waals surface area contributed by atoms with E-state index in [1.807, 2.05) is 43.3 Å². The summed E-state index contributed by atoms with van der Waals surface area (Å²) in [6.45, 7) is 12.4. The third-order valence-electron chi connectivity index (χ3n) is 13.6. The number of rotatable bonds is 10. The fraction of sp³-hybridized carbons (Fsp3) is 0.302. The maximum Gasteiger partial charge on any atom is 0.195 e. The van der Waals surface area contributed by atoms with E-state index in [1.165, 1.54) is 63.6 Å². The van der Waals surface area contributed by atoms with Crippen molar-refractivity contribution in [3.63, 3.8) is 0 Å². The summed E-state index contributed by atoms with van der Waals surface area (Å²) in [5.74, 6) is 4.24. The Balaban J connectivity index is 0.000000791. The van der Waals surface area contributed by atoms with Crippen molar-refractivity contribution in [3.05, 3.63) is 159 Å². The summed E-state index contributed by atoms with van der Waals surface area (Å²) < 4.78 is 13.9. The van der Waals surface area contributed by atoms with Crippen LogP contribution >= 0.6 is 22.7 Å². The molecule has 2 fully saturated rings. The minimum atomic E-state index is -0.0915. The number of piperidine rings is 1. The first-order valence-electron chi connectivity index (χ1n) is 22.6. The van der Waals surface area contributed by atoms with Crippen LogP contribution in [-0.4, -0.2) is 72.6 Å². The lowest BCUT2D eigenvalue weighted by Crippen LogP contribution is -2.48. The van der Waals surface area contributed by atoms with Gasteiger partial charge in [-0.05, 0) is 161 Å². The van der Waals surface area contributed by atoms with E-state index in [-0.39, 0.29) is 17.3 Å². The van der Waals surface area contributed by atoms with Crippen LogP contribution in [0.4, 0.5) is 0 Å². The first kappa shape index (κ1) is 43.5. The molecule has 1 saturated carbocycles. The molecule has 2 aliphatic heterocycles. The number of carbonyl (C=O) groups is 1. The molecular formula is C53H52N6O5S2. The molecule has 0 amide bonds. The Kier molecular flexibility index (Phi) is 11.9. The molecule has 1 aliphatic carbocycles. The first-order chi connectivity index (χ1) is 32.0. The van der Waals surface area contributed by atoms with Crippen molar-refractivity contribution in [1.29, 1.82) is 0 Å². The molecule has 1 saturated heterocycles. The monoisotopic (exact) mass is 916 g/mol. The van der Waals surface area contributed by atoms with Crippen molar-refractivity contribution in [2.45, 2.75) is 66.3 Å². The Morgan fingerprint density at radius 1 is 0.864 bits per heavy atom. The van der Waals surface area contributed by atoms with Crippen LogP contribution in [0.3, 0.4) is 0 Å². The van der Waals surface area contributed by atoms with Crippen molar-refractivity contribution >= 4 is 44.3 Å². The molecule has 2 N–H and O–H groups in total. The summed E-state index contributed by atoms with van der Waals surface area (Å²) in [5.41, 5.74) is 8.62. The number of nitrogens with zero attached hydrogens (tertiary/aromatic N) is 6. The Hall–Kier alpha value is -6.41. The lowest BCUT2D eigenvalue weighted by atomic mass is 9.56. The number of ketones is 1. The largest absolute Gasteiger partial charge is 0.508 e.